The molecule has 3 amide bonds. The van der Waals surface area contributed by atoms with Gasteiger partial charge in [0.1, 0.15) is 23.4 Å². The highest BCUT2D eigenvalue weighted by molar-refractivity contribution is 5.93. The average Bonchev–Trinajstić information content (AvgIpc) is 2.60. The molecule has 0 spiro atoms. The molecule has 0 bridgehead atoms. The summed E-state index contributed by atoms with van der Waals surface area (Å²) in [5.74, 6) is -1.08. The summed E-state index contributed by atoms with van der Waals surface area (Å²) in [6.07, 6.45) is -0.705. The standard InChI is InChI=1S/C25H41N3O5/c1-15(2)19(27-23(32)33-25(8,9)10)22(31)28(24(5,6)7)20(21(30)26-16(3)4)17-12-11-13-18(29)14-17/h11-16,19-20,29H,1-10H3,(H,26,30)(H,27,32). The number of rotatable bonds is 7. The third kappa shape index (κ3) is 8.59. The Labute approximate surface area is 198 Å². The van der Waals surface area contributed by atoms with Gasteiger partial charge < -0.3 is 25.4 Å². The lowest BCUT2D eigenvalue weighted by Crippen LogP contribution is -2.60. The molecule has 2 atom stereocenters. The van der Waals surface area contributed by atoms with Crippen LogP contribution in [0.4, 0.5) is 4.79 Å². The van der Waals surface area contributed by atoms with E-state index >= 15 is 0 Å². The lowest BCUT2D eigenvalue weighted by Gasteiger charge is -2.43. The van der Waals surface area contributed by atoms with Crippen LogP contribution in [0.5, 0.6) is 5.75 Å². The second-order valence-corrected chi connectivity index (χ2v) is 10.9. The highest BCUT2D eigenvalue weighted by Crippen LogP contribution is 2.32. The normalized spacial score (nSPS) is 13.9. The fraction of sp³-hybridized carbons (Fsp3) is 0.640. The summed E-state index contributed by atoms with van der Waals surface area (Å²) < 4.78 is 5.36. The van der Waals surface area contributed by atoms with E-state index in [4.69, 9.17) is 4.74 Å². The quantitative estimate of drug-likeness (QED) is 0.563. The summed E-state index contributed by atoms with van der Waals surface area (Å²) >= 11 is 0. The number of nitrogens with one attached hydrogen (secondary N) is 2. The van der Waals surface area contributed by atoms with E-state index < -0.39 is 35.2 Å². The highest BCUT2D eigenvalue weighted by Gasteiger charge is 2.42. The molecule has 186 valence electrons. The van der Waals surface area contributed by atoms with Crippen molar-refractivity contribution in [1.82, 2.24) is 15.5 Å². The maximum Gasteiger partial charge on any atom is 0.408 e. The molecule has 0 saturated carbocycles. The molecule has 2 unspecified atom stereocenters. The molecule has 0 saturated heterocycles. The van der Waals surface area contributed by atoms with Gasteiger partial charge >= 0.3 is 6.09 Å². The van der Waals surface area contributed by atoms with Crippen LogP contribution < -0.4 is 10.6 Å². The fourth-order valence-electron chi connectivity index (χ4n) is 3.42. The molecule has 0 aliphatic rings. The number of nitrogens with zero attached hydrogens (tertiary/aromatic N) is 1. The Morgan fingerprint density at radius 2 is 1.55 bits per heavy atom. The molecule has 0 aromatic heterocycles. The second kappa shape index (κ2) is 10.9. The predicted molar refractivity (Wildman–Crippen MR) is 129 cm³/mol. The summed E-state index contributed by atoms with van der Waals surface area (Å²) in [5, 5.41) is 15.6. The van der Waals surface area contributed by atoms with Crippen LogP contribution in [-0.4, -0.2) is 51.1 Å². The lowest BCUT2D eigenvalue weighted by molar-refractivity contribution is -0.149. The lowest BCUT2D eigenvalue weighted by atomic mass is 9.93. The van der Waals surface area contributed by atoms with Gasteiger partial charge in [-0.2, -0.15) is 0 Å². The van der Waals surface area contributed by atoms with E-state index in [-0.39, 0.29) is 23.6 Å². The second-order valence-electron chi connectivity index (χ2n) is 10.9. The number of phenols is 1. The van der Waals surface area contributed by atoms with Crippen molar-refractivity contribution in [3.05, 3.63) is 29.8 Å². The van der Waals surface area contributed by atoms with Gasteiger partial charge in [-0.3, -0.25) is 9.59 Å². The van der Waals surface area contributed by atoms with Crippen LogP contribution in [-0.2, 0) is 14.3 Å². The first-order chi connectivity index (χ1) is 14.9. The number of phenolic OH excluding ortho intramolecular Hbond substituents is 1. The number of alkyl carbamates (subject to hydrolysis) is 1. The van der Waals surface area contributed by atoms with Crippen molar-refractivity contribution < 1.29 is 24.2 Å². The molecule has 1 aromatic carbocycles. The topological polar surface area (TPSA) is 108 Å². The van der Waals surface area contributed by atoms with E-state index in [1.165, 1.54) is 17.0 Å². The van der Waals surface area contributed by atoms with Crippen molar-refractivity contribution in [3.63, 3.8) is 0 Å². The molecule has 0 radical (unpaired) electrons. The summed E-state index contributed by atoms with van der Waals surface area (Å²) in [4.78, 5) is 41.3. The van der Waals surface area contributed by atoms with Crippen molar-refractivity contribution in [1.29, 1.82) is 0 Å². The number of hydrogen-bond acceptors (Lipinski definition) is 5. The molecule has 0 aliphatic carbocycles. The first kappa shape index (κ1) is 28.3. The molecule has 0 aliphatic heterocycles. The molecule has 0 heterocycles. The van der Waals surface area contributed by atoms with Gasteiger partial charge in [-0.05, 0) is 79.0 Å². The van der Waals surface area contributed by atoms with E-state index in [1.807, 2.05) is 48.5 Å². The Balaban J connectivity index is 3.53. The smallest absolute Gasteiger partial charge is 0.408 e. The monoisotopic (exact) mass is 463 g/mol. The van der Waals surface area contributed by atoms with E-state index in [1.54, 1.807) is 32.9 Å². The van der Waals surface area contributed by atoms with Crippen molar-refractivity contribution in [2.45, 2.75) is 98.5 Å². The number of carbonyl (C=O) groups excluding carboxylic acids is 3. The van der Waals surface area contributed by atoms with E-state index in [0.717, 1.165) is 0 Å². The molecule has 8 nitrogen and oxygen atoms in total. The Morgan fingerprint density at radius 1 is 0.970 bits per heavy atom. The minimum atomic E-state index is -1.02. The van der Waals surface area contributed by atoms with Crippen molar-refractivity contribution in [2.24, 2.45) is 5.92 Å². The van der Waals surface area contributed by atoms with E-state index in [2.05, 4.69) is 10.6 Å². The zero-order valence-electron chi connectivity index (χ0n) is 21.6. The van der Waals surface area contributed by atoms with Gasteiger partial charge in [0.05, 0.1) is 0 Å². The summed E-state index contributed by atoms with van der Waals surface area (Å²) in [5.41, 5.74) is -1.04. The third-order valence-corrected chi connectivity index (χ3v) is 4.69. The number of benzene rings is 1. The van der Waals surface area contributed by atoms with Crippen LogP contribution in [0.25, 0.3) is 0 Å². The molecular formula is C25H41N3O5. The van der Waals surface area contributed by atoms with Crippen LogP contribution >= 0.6 is 0 Å². The predicted octanol–water partition coefficient (Wildman–Crippen LogP) is 4.13. The van der Waals surface area contributed by atoms with Gasteiger partial charge in [0.2, 0.25) is 11.8 Å². The van der Waals surface area contributed by atoms with Crippen LogP contribution in [0, 0.1) is 5.92 Å². The Morgan fingerprint density at radius 3 is 1.97 bits per heavy atom. The number of aromatic hydroxyl groups is 1. The summed E-state index contributed by atoms with van der Waals surface area (Å²) in [6.45, 7) is 18.0. The Kier molecular flexibility index (Phi) is 9.33. The molecular weight excluding hydrogens is 422 g/mol. The van der Waals surface area contributed by atoms with Crippen LogP contribution in [0.1, 0.15) is 80.8 Å². The molecule has 33 heavy (non-hydrogen) atoms. The Hall–Kier alpha value is -2.77. The van der Waals surface area contributed by atoms with Gasteiger partial charge in [-0.1, -0.05) is 26.0 Å². The number of carbonyl (C=O) groups is 3. The van der Waals surface area contributed by atoms with Crippen molar-refractivity contribution in [3.8, 4) is 5.75 Å². The molecule has 1 rings (SSSR count). The molecule has 8 heteroatoms. The first-order valence-electron chi connectivity index (χ1n) is 11.4. The number of hydrogen-bond donors (Lipinski definition) is 3. The van der Waals surface area contributed by atoms with Crippen LogP contribution in [0.15, 0.2) is 24.3 Å². The van der Waals surface area contributed by atoms with Gasteiger partial charge in [0, 0.05) is 11.6 Å². The van der Waals surface area contributed by atoms with Crippen molar-refractivity contribution >= 4 is 17.9 Å². The third-order valence-electron chi connectivity index (χ3n) is 4.69. The maximum absolute atomic E-state index is 13.9. The SMILES string of the molecule is CC(C)NC(=O)C(c1cccc(O)c1)N(C(=O)C(NC(=O)OC(C)(C)C)C(C)C)C(C)(C)C. The van der Waals surface area contributed by atoms with Gasteiger partial charge in [0.15, 0.2) is 0 Å². The molecule has 3 N–H and O–H groups in total. The number of ether oxygens (including phenoxy) is 1. The Bertz CT molecular complexity index is 837. The van der Waals surface area contributed by atoms with Crippen LogP contribution in [0.3, 0.4) is 0 Å². The van der Waals surface area contributed by atoms with E-state index in [0.29, 0.717) is 5.56 Å². The van der Waals surface area contributed by atoms with Gasteiger partial charge in [-0.15, -0.1) is 0 Å². The zero-order valence-corrected chi connectivity index (χ0v) is 21.6. The maximum atomic E-state index is 13.9. The van der Waals surface area contributed by atoms with E-state index in [9.17, 15) is 19.5 Å². The molecule has 0 fully saturated rings. The minimum absolute atomic E-state index is 0.0107. The average molecular weight is 464 g/mol. The fourth-order valence-corrected chi connectivity index (χ4v) is 3.42. The largest absolute Gasteiger partial charge is 0.508 e. The summed E-state index contributed by atoms with van der Waals surface area (Å²) in [6, 6.07) is 4.20. The van der Waals surface area contributed by atoms with Crippen molar-refractivity contribution in [2.75, 3.05) is 0 Å². The highest BCUT2D eigenvalue weighted by atomic mass is 16.6. The van der Waals surface area contributed by atoms with Gasteiger partial charge in [-0.25, -0.2) is 4.79 Å². The first-order valence-corrected chi connectivity index (χ1v) is 11.4. The molecule has 1 aromatic rings. The summed E-state index contributed by atoms with van der Waals surface area (Å²) in [7, 11) is 0. The van der Waals surface area contributed by atoms with Gasteiger partial charge in [0.25, 0.3) is 0 Å². The van der Waals surface area contributed by atoms with Crippen LogP contribution in [0.2, 0.25) is 0 Å². The minimum Gasteiger partial charge on any atom is -0.508 e. The number of amides is 3. The zero-order chi connectivity index (χ0) is 25.7.